The standard InChI is InChI=1S/C18H17N5O2/c1-11-3-9-15(10-4-11)23-17(19)16(21-22-23)18(25)20-14-7-5-13(6-8-14)12(2)24/h3-10H,19H2,1-2H3,(H,20,25). The van der Waals surface area contributed by atoms with Crippen LogP contribution in [0.3, 0.4) is 0 Å². The Balaban J connectivity index is 1.81. The number of ketones is 1. The number of nitrogen functional groups attached to an aromatic ring is 1. The Morgan fingerprint density at radius 2 is 1.68 bits per heavy atom. The van der Waals surface area contributed by atoms with Crippen molar-refractivity contribution in [2.75, 3.05) is 11.1 Å². The van der Waals surface area contributed by atoms with Crippen LogP contribution in [0.1, 0.15) is 33.3 Å². The maximum atomic E-state index is 12.4. The molecule has 1 heterocycles. The van der Waals surface area contributed by atoms with Gasteiger partial charge in [-0.05, 0) is 50.2 Å². The van der Waals surface area contributed by atoms with Crippen LogP contribution in [0, 0.1) is 6.92 Å². The summed E-state index contributed by atoms with van der Waals surface area (Å²) in [4.78, 5) is 23.7. The summed E-state index contributed by atoms with van der Waals surface area (Å²) in [5, 5.41) is 10.5. The molecule has 2 aromatic carbocycles. The number of carbonyl (C=O) groups excluding carboxylic acids is 2. The number of Topliss-reactive ketones (excluding diaryl/α,β-unsaturated/α-hetero) is 1. The first-order valence-electron chi connectivity index (χ1n) is 7.66. The van der Waals surface area contributed by atoms with E-state index in [1.54, 1.807) is 24.3 Å². The van der Waals surface area contributed by atoms with E-state index in [-0.39, 0.29) is 17.3 Å². The maximum absolute atomic E-state index is 12.4. The van der Waals surface area contributed by atoms with E-state index in [9.17, 15) is 9.59 Å². The Hall–Kier alpha value is -3.48. The van der Waals surface area contributed by atoms with Crippen LogP contribution in [0.25, 0.3) is 5.69 Å². The number of nitrogens with two attached hydrogens (primary N) is 1. The molecule has 0 spiro atoms. The third-order valence-electron chi connectivity index (χ3n) is 3.75. The number of aryl methyl sites for hydroxylation is 1. The minimum atomic E-state index is -0.466. The Labute approximate surface area is 144 Å². The van der Waals surface area contributed by atoms with Crippen molar-refractivity contribution < 1.29 is 9.59 Å². The molecule has 3 N–H and O–H groups in total. The van der Waals surface area contributed by atoms with Crippen LogP contribution in [0.4, 0.5) is 11.5 Å². The molecule has 7 nitrogen and oxygen atoms in total. The van der Waals surface area contributed by atoms with E-state index in [1.807, 2.05) is 31.2 Å². The molecule has 7 heteroatoms. The first-order valence-corrected chi connectivity index (χ1v) is 7.66. The Morgan fingerprint density at radius 3 is 2.28 bits per heavy atom. The lowest BCUT2D eigenvalue weighted by Crippen LogP contribution is -2.15. The van der Waals surface area contributed by atoms with Crippen LogP contribution in [0.5, 0.6) is 0 Å². The summed E-state index contributed by atoms with van der Waals surface area (Å²) in [5.74, 6) is -0.351. The second-order valence-corrected chi connectivity index (χ2v) is 5.66. The molecular weight excluding hydrogens is 318 g/mol. The minimum Gasteiger partial charge on any atom is -0.382 e. The van der Waals surface area contributed by atoms with Crippen molar-refractivity contribution in [3.8, 4) is 5.69 Å². The number of nitrogens with one attached hydrogen (secondary N) is 1. The average molecular weight is 335 g/mol. The molecule has 126 valence electrons. The molecule has 0 atom stereocenters. The lowest BCUT2D eigenvalue weighted by atomic mass is 10.1. The highest BCUT2D eigenvalue weighted by molar-refractivity contribution is 6.06. The van der Waals surface area contributed by atoms with Gasteiger partial charge < -0.3 is 11.1 Å². The van der Waals surface area contributed by atoms with E-state index in [0.29, 0.717) is 11.3 Å². The van der Waals surface area contributed by atoms with Crippen LogP contribution in [-0.4, -0.2) is 26.7 Å². The Kier molecular flexibility index (Phi) is 4.30. The third-order valence-corrected chi connectivity index (χ3v) is 3.75. The highest BCUT2D eigenvalue weighted by Gasteiger charge is 2.18. The zero-order valence-corrected chi connectivity index (χ0v) is 13.9. The largest absolute Gasteiger partial charge is 0.382 e. The minimum absolute atomic E-state index is 0.0382. The van der Waals surface area contributed by atoms with Gasteiger partial charge in [0.05, 0.1) is 5.69 Å². The van der Waals surface area contributed by atoms with Gasteiger partial charge in [0.2, 0.25) is 0 Å². The molecule has 25 heavy (non-hydrogen) atoms. The molecule has 0 aliphatic rings. The Morgan fingerprint density at radius 1 is 1.04 bits per heavy atom. The van der Waals surface area contributed by atoms with Gasteiger partial charge in [-0.15, -0.1) is 5.10 Å². The summed E-state index contributed by atoms with van der Waals surface area (Å²) in [5.41, 5.74) is 9.00. The molecule has 1 aromatic heterocycles. The highest BCUT2D eigenvalue weighted by Crippen LogP contribution is 2.17. The topological polar surface area (TPSA) is 103 Å². The van der Waals surface area contributed by atoms with Crippen LogP contribution < -0.4 is 11.1 Å². The predicted octanol–water partition coefficient (Wildman–Crippen LogP) is 2.61. The predicted molar refractivity (Wildman–Crippen MR) is 94.9 cm³/mol. The normalized spacial score (nSPS) is 10.5. The summed E-state index contributed by atoms with van der Waals surface area (Å²) in [6.07, 6.45) is 0. The van der Waals surface area contributed by atoms with Crippen molar-refractivity contribution in [1.29, 1.82) is 0 Å². The van der Waals surface area contributed by atoms with E-state index < -0.39 is 5.91 Å². The summed E-state index contributed by atoms with van der Waals surface area (Å²) < 4.78 is 1.41. The second-order valence-electron chi connectivity index (χ2n) is 5.66. The second kappa shape index (κ2) is 6.56. The SMILES string of the molecule is CC(=O)c1ccc(NC(=O)c2nnn(-c3ccc(C)cc3)c2N)cc1. The van der Waals surface area contributed by atoms with Crippen molar-refractivity contribution in [3.63, 3.8) is 0 Å². The maximum Gasteiger partial charge on any atom is 0.280 e. The number of aromatic nitrogens is 3. The number of carbonyl (C=O) groups is 2. The number of hydrogen-bond donors (Lipinski definition) is 2. The van der Waals surface area contributed by atoms with Gasteiger partial charge in [-0.1, -0.05) is 22.9 Å². The molecule has 0 fully saturated rings. The fraction of sp³-hybridized carbons (Fsp3) is 0.111. The van der Waals surface area contributed by atoms with Gasteiger partial charge in [-0.3, -0.25) is 9.59 Å². The summed E-state index contributed by atoms with van der Waals surface area (Å²) in [7, 11) is 0. The van der Waals surface area contributed by atoms with E-state index in [2.05, 4.69) is 15.6 Å². The molecule has 3 aromatic rings. The van der Waals surface area contributed by atoms with Gasteiger partial charge in [-0.2, -0.15) is 4.68 Å². The molecule has 0 saturated carbocycles. The number of anilines is 2. The zero-order chi connectivity index (χ0) is 18.0. The fourth-order valence-corrected chi connectivity index (χ4v) is 2.31. The lowest BCUT2D eigenvalue weighted by molar-refractivity contribution is 0.101. The van der Waals surface area contributed by atoms with Gasteiger partial charge in [0.1, 0.15) is 0 Å². The van der Waals surface area contributed by atoms with Gasteiger partial charge in [-0.25, -0.2) is 0 Å². The summed E-state index contributed by atoms with van der Waals surface area (Å²) in [6, 6.07) is 14.1. The highest BCUT2D eigenvalue weighted by atomic mass is 16.2. The van der Waals surface area contributed by atoms with Crippen molar-refractivity contribution in [2.45, 2.75) is 13.8 Å². The number of benzene rings is 2. The van der Waals surface area contributed by atoms with Crippen molar-refractivity contribution in [2.24, 2.45) is 0 Å². The first kappa shape index (κ1) is 16.4. The van der Waals surface area contributed by atoms with Gasteiger partial charge in [0.15, 0.2) is 17.3 Å². The van der Waals surface area contributed by atoms with Crippen LogP contribution in [0.2, 0.25) is 0 Å². The molecular formula is C18H17N5O2. The van der Waals surface area contributed by atoms with Gasteiger partial charge in [0, 0.05) is 11.3 Å². The molecule has 3 rings (SSSR count). The number of rotatable bonds is 4. The van der Waals surface area contributed by atoms with Crippen LogP contribution >= 0.6 is 0 Å². The van der Waals surface area contributed by atoms with E-state index >= 15 is 0 Å². The number of hydrogen-bond acceptors (Lipinski definition) is 5. The molecule has 0 saturated heterocycles. The Bertz CT molecular complexity index is 927. The van der Waals surface area contributed by atoms with E-state index in [1.165, 1.54) is 11.6 Å². The smallest absolute Gasteiger partial charge is 0.280 e. The zero-order valence-electron chi connectivity index (χ0n) is 13.9. The molecule has 0 aliphatic heterocycles. The van der Waals surface area contributed by atoms with Crippen molar-refractivity contribution in [3.05, 3.63) is 65.4 Å². The van der Waals surface area contributed by atoms with Crippen molar-refractivity contribution in [1.82, 2.24) is 15.0 Å². The van der Waals surface area contributed by atoms with Crippen LogP contribution in [0.15, 0.2) is 48.5 Å². The van der Waals surface area contributed by atoms with Gasteiger partial charge >= 0.3 is 0 Å². The lowest BCUT2D eigenvalue weighted by Gasteiger charge is -2.05. The number of amides is 1. The van der Waals surface area contributed by atoms with Crippen LogP contribution in [-0.2, 0) is 0 Å². The molecule has 0 aliphatic carbocycles. The monoisotopic (exact) mass is 335 g/mol. The van der Waals surface area contributed by atoms with E-state index in [4.69, 9.17) is 5.73 Å². The molecule has 0 unspecified atom stereocenters. The summed E-state index contributed by atoms with van der Waals surface area (Å²) in [6.45, 7) is 3.46. The summed E-state index contributed by atoms with van der Waals surface area (Å²) >= 11 is 0. The first-order chi connectivity index (χ1) is 12.0. The quantitative estimate of drug-likeness (QED) is 0.713. The molecule has 0 bridgehead atoms. The molecule has 0 radical (unpaired) electrons. The molecule has 1 amide bonds. The van der Waals surface area contributed by atoms with Gasteiger partial charge in [0.25, 0.3) is 5.91 Å². The van der Waals surface area contributed by atoms with Crippen molar-refractivity contribution >= 4 is 23.2 Å². The fourth-order valence-electron chi connectivity index (χ4n) is 2.31. The average Bonchev–Trinajstić information content (AvgIpc) is 2.98. The third kappa shape index (κ3) is 3.40. The van der Waals surface area contributed by atoms with E-state index in [0.717, 1.165) is 11.3 Å². The number of nitrogens with zero attached hydrogens (tertiary/aromatic N) is 3.